The summed E-state index contributed by atoms with van der Waals surface area (Å²) in [5, 5.41) is 7.76. The highest BCUT2D eigenvalue weighted by Gasteiger charge is 2.70. The first kappa shape index (κ1) is 20.8. The van der Waals surface area contributed by atoms with Gasteiger partial charge in [0.15, 0.2) is 10.7 Å². The molecule has 1 heterocycles. The molecule has 2 rings (SSSR count). The number of benzene rings is 1. The molecule has 0 spiro atoms. The summed E-state index contributed by atoms with van der Waals surface area (Å²) in [6, 6.07) is 8.46. The zero-order valence-electron chi connectivity index (χ0n) is 15.0. The second kappa shape index (κ2) is 7.61. The van der Waals surface area contributed by atoms with Crippen molar-refractivity contribution in [3.05, 3.63) is 35.9 Å². The van der Waals surface area contributed by atoms with Crippen LogP contribution in [0.1, 0.15) is 39.7 Å². The molecule has 1 fully saturated rings. The maximum Gasteiger partial charge on any atom is 0.367 e. The van der Waals surface area contributed by atoms with Crippen LogP contribution in [0.5, 0.6) is 0 Å². The first-order valence-electron chi connectivity index (χ1n) is 8.33. The van der Waals surface area contributed by atoms with Gasteiger partial charge in [-0.2, -0.15) is 0 Å². The van der Waals surface area contributed by atoms with Gasteiger partial charge in [0.25, 0.3) is 0 Å². The Bertz CT molecular complexity index is 670. The van der Waals surface area contributed by atoms with E-state index in [0.29, 0.717) is 5.56 Å². The van der Waals surface area contributed by atoms with Crippen LogP contribution in [0.15, 0.2) is 30.3 Å². The van der Waals surface area contributed by atoms with Gasteiger partial charge < -0.3 is 18.7 Å². The largest absolute Gasteiger partial charge is 0.373 e. The van der Waals surface area contributed by atoms with Crippen molar-refractivity contribution >= 4 is 15.2 Å². The van der Waals surface area contributed by atoms with Crippen LogP contribution < -0.4 is 0 Å². The smallest absolute Gasteiger partial charge is 0.367 e. The van der Waals surface area contributed by atoms with Crippen LogP contribution in [-0.2, 0) is 32.6 Å². The lowest BCUT2D eigenvalue weighted by atomic mass is 10.0. The fraction of sp³-hybridized carbons (Fsp3) is 0.625. The molecule has 7 nitrogen and oxygen atoms in total. The number of aliphatic hydroxyl groups is 1. The minimum absolute atomic E-state index is 0.0655. The van der Waals surface area contributed by atoms with Gasteiger partial charge in [-0.15, -0.1) is 0 Å². The fourth-order valence-corrected chi connectivity index (χ4v) is 7.86. The molecule has 0 aromatic heterocycles. The summed E-state index contributed by atoms with van der Waals surface area (Å²) in [4.78, 5) is 0. The van der Waals surface area contributed by atoms with E-state index >= 15 is 0 Å². The minimum Gasteiger partial charge on any atom is -0.373 e. The van der Waals surface area contributed by atoms with Crippen LogP contribution in [0, 0.1) is 0 Å². The molecule has 1 saturated heterocycles. The lowest BCUT2D eigenvalue weighted by molar-refractivity contribution is 0.0810. The Morgan fingerprint density at radius 2 is 1.72 bits per heavy atom. The van der Waals surface area contributed by atoms with Gasteiger partial charge in [-0.25, -0.2) is 0 Å². The van der Waals surface area contributed by atoms with E-state index in [1.807, 2.05) is 0 Å². The quantitative estimate of drug-likeness (QED) is 0.653. The molecule has 1 aromatic carbocycles. The summed E-state index contributed by atoms with van der Waals surface area (Å²) < 4.78 is 48.5. The third-order valence-corrected chi connectivity index (χ3v) is 9.37. The lowest BCUT2D eigenvalue weighted by Gasteiger charge is -2.31. The summed E-state index contributed by atoms with van der Waals surface area (Å²) in [6.07, 6.45) is -0.238. The molecule has 1 N–H and O–H groups in total. The molecule has 1 aliphatic heterocycles. The summed E-state index contributed by atoms with van der Waals surface area (Å²) in [5.41, 5.74) is 0.370. The molecule has 3 atom stereocenters. The highest BCUT2D eigenvalue weighted by atomic mass is 31.2. The highest BCUT2D eigenvalue weighted by Crippen LogP contribution is 2.80. The van der Waals surface area contributed by atoms with Crippen molar-refractivity contribution in [2.24, 2.45) is 0 Å². The molecule has 0 saturated carbocycles. The van der Waals surface area contributed by atoms with E-state index in [2.05, 4.69) is 0 Å². The molecule has 142 valence electrons. The molecular weight excluding hydrogens is 366 g/mol. The standard InChI is InChI=1S/C16H26O7P2/c1-5-20-24(18,21-6-2)15(4)13-16(17,14-11-9-8-10-12-14)25(19,23-15)22-7-3/h8-12,17H,5-7,13H2,1-4H3. The zero-order valence-corrected chi connectivity index (χ0v) is 16.8. The van der Waals surface area contributed by atoms with Gasteiger partial charge in [-0.05, 0) is 33.3 Å². The van der Waals surface area contributed by atoms with Crippen molar-refractivity contribution < 1.29 is 32.3 Å². The summed E-state index contributed by atoms with van der Waals surface area (Å²) >= 11 is 0. The van der Waals surface area contributed by atoms with E-state index in [-0.39, 0.29) is 26.2 Å². The van der Waals surface area contributed by atoms with E-state index in [4.69, 9.17) is 18.1 Å². The maximum absolute atomic E-state index is 13.4. The van der Waals surface area contributed by atoms with Gasteiger partial charge in [-0.3, -0.25) is 13.7 Å². The lowest BCUT2D eigenvalue weighted by Crippen LogP contribution is -2.30. The van der Waals surface area contributed by atoms with Gasteiger partial charge in [0.2, 0.25) is 0 Å². The normalized spacial score (nSPS) is 32.8. The number of rotatable bonds is 8. The Morgan fingerprint density at radius 1 is 1.16 bits per heavy atom. The SMILES string of the molecule is CCOP(=O)(OCC)C1(C)CC(O)(c2ccccc2)P(=O)(OCC)O1. The van der Waals surface area contributed by atoms with Crippen molar-refractivity contribution in [3.8, 4) is 0 Å². The molecule has 0 bridgehead atoms. The third kappa shape index (κ3) is 3.52. The predicted molar refractivity (Wildman–Crippen MR) is 94.5 cm³/mol. The van der Waals surface area contributed by atoms with Gasteiger partial charge in [0, 0.05) is 6.42 Å². The Kier molecular flexibility index (Phi) is 6.33. The van der Waals surface area contributed by atoms with Crippen LogP contribution >= 0.6 is 15.2 Å². The Morgan fingerprint density at radius 3 is 2.20 bits per heavy atom. The van der Waals surface area contributed by atoms with Crippen molar-refractivity contribution in [3.63, 3.8) is 0 Å². The third-order valence-electron chi connectivity index (χ3n) is 4.06. The van der Waals surface area contributed by atoms with Gasteiger partial charge in [0.1, 0.15) is 0 Å². The number of hydrogen-bond acceptors (Lipinski definition) is 7. The van der Waals surface area contributed by atoms with Crippen LogP contribution in [-0.4, -0.2) is 30.3 Å². The minimum atomic E-state index is -4.06. The molecule has 25 heavy (non-hydrogen) atoms. The second-order valence-corrected chi connectivity index (χ2v) is 10.5. The van der Waals surface area contributed by atoms with Crippen molar-refractivity contribution in [1.82, 2.24) is 0 Å². The van der Waals surface area contributed by atoms with Crippen molar-refractivity contribution in [1.29, 1.82) is 0 Å². The molecule has 1 aliphatic rings. The van der Waals surface area contributed by atoms with Gasteiger partial charge in [0.05, 0.1) is 19.8 Å². The van der Waals surface area contributed by atoms with E-state index in [1.54, 1.807) is 51.1 Å². The molecule has 9 heteroatoms. The van der Waals surface area contributed by atoms with Crippen LogP contribution in [0.4, 0.5) is 0 Å². The monoisotopic (exact) mass is 392 g/mol. The van der Waals surface area contributed by atoms with Crippen molar-refractivity contribution in [2.45, 2.75) is 44.8 Å². The van der Waals surface area contributed by atoms with Gasteiger partial charge >= 0.3 is 15.2 Å². The Labute approximate surface area is 148 Å². The van der Waals surface area contributed by atoms with Crippen LogP contribution in [0.2, 0.25) is 0 Å². The van der Waals surface area contributed by atoms with Crippen LogP contribution in [0.3, 0.4) is 0 Å². The Hall–Kier alpha value is -0.520. The Balaban J connectivity index is 2.56. The average molecular weight is 392 g/mol. The molecule has 3 unspecified atom stereocenters. The highest BCUT2D eigenvalue weighted by molar-refractivity contribution is 7.59. The summed E-state index contributed by atoms with van der Waals surface area (Å²) in [7, 11) is -7.87. The predicted octanol–water partition coefficient (Wildman–Crippen LogP) is 4.46. The van der Waals surface area contributed by atoms with E-state index in [0.717, 1.165) is 0 Å². The van der Waals surface area contributed by atoms with Crippen LogP contribution in [0.25, 0.3) is 0 Å². The molecule has 1 aromatic rings. The summed E-state index contributed by atoms with van der Waals surface area (Å²) in [5.74, 6) is 0. The van der Waals surface area contributed by atoms with E-state index < -0.39 is 25.9 Å². The second-order valence-electron chi connectivity index (χ2n) is 5.87. The first-order chi connectivity index (χ1) is 11.7. The molecular formula is C16H26O7P2. The van der Waals surface area contributed by atoms with Gasteiger partial charge in [-0.1, -0.05) is 30.3 Å². The maximum atomic E-state index is 13.4. The fourth-order valence-electron chi connectivity index (χ4n) is 2.99. The first-order valence-corrected chi connectivity index (χ1v) is 11.4. The van der Waals surface area contributed by atoms with E-state index in [9.17, 15) is 14.2 Å². The molecule has 0 aliphatic carbocycles. The zero-order chi connectivity index (χ0) is 18.8. The van der Waals surface area contributed by atoms with E-state index in [1.165, 1.54) is 6.92 Å². The summed E-state index contributed by atoms with van der Waals surface area (Å²) in [6.45, 7) is 6.79. The average Bonchev–Trinajstić information content (AvgIpc) is 2.77. The molecule has 0 amide bonds. The van der Waals surface area contributed by atoms with Crippen molar-refractivity contribution in [2.75, 3.05) is 19.8 Å². The molecule has 0 radical (unpaired) electrons. The number of hydrogen-bond donors (Lipinski definition) is 1. The topological polar surface area (TPSA) is 91.3 Å².